The second-order valence-corrected chi connectivity index (χ2v) is 4.86. The molecular weight excluding hydrogens is 198 g/mol. The van der Waals surface area contributed by atoms with Crippen molar-refractivity contribution in [3.05, 3.63) is 35.0 Å². The first kappa shape index (κ1) is 9.91. The molecule has 16 heavy (non-hydrogen) atoms. The van der Waals surface area contributed by atoms with E-state index in [1.807, 2.05) is 0 Å². The van der Waals surface area contributed by atoms with Crippen molar-refractivity contribution < 1.29 is 4.74 Å². The Morgan fingerprint density at radius 2 is 2.12 bits per heavy atom. The fraction of sp³-hybridized carbons (Fsp3) is 0.429. The Kier molecular flexibility index (Phi) is 2.08. The molecule has 1 aliphatic rings. The van der Waals surface area contributed by atoms with Gasteiger partial charge >= 0.3 is 0 Å². The number of nitrogens with one attached hydrogen (secondary N) is 1. The molecule has 3 rings (SSSR count). The monoisotopic (exact) mass is 215 g/mol. The largest absolute Gasteiger partial charge is 0.370 e. The van der Waals surface area contributed by atoms with E-state index in [2.05, 4.69) is 44.0 Å². The van der Waals surface area contributed by atoms with Crippen LogP contribution in [0.1, 0.15) is 36.8 Å². The van der Waals surface area contributed by atoms with Gasteiger partial charge in [-0.05, 0) is 32.9 Å². The topological polar surface area (TPSA) is 25.0 Å². The molecular formula is C14H17NO. The minimum atomic E-state index is 0.203. The van der Waals surface area contributed by atoms with Gasteiger partial charge in [0.05, 0.1) is 12.2 Å². The van der Waals surface area contributed by atoms with Gasteiger partial charge in [0.25, 0.3) is 0 Å². The number of benzene rings is 1. The number of rotatable bonds is 0. The van der Waals surface area contributed by atoms with Gasteiger partial charge in [0.1, 0.15) is 0 Å². The molecule has 0 bridgehead atoms. The van der Waals surface area contributed by atoms with Crippen LogP contribution in [0.5, 0.6) is 0 Å². The van der Waals surface area contributed by atoms with Gasteiger partial charge in [-0.25, -0.2) is 0 Å². The Morgan fingerprint density at radius 1 is 1.31 bits per heavy atom. The van der Waals surface area contributed by atoms with Crippen LogP contribution in [0.2, 0.25) is 0 Å². The van der Waals surface area contributed by atoms with E-state index in [-0.39, 0.29) is 6.10 Å². The summed E-state index contributed by atoms with van der Waals surface area (Å²) in [6.45, 7) is 6.41. The summed E-state index contributed by atoms with van der Waals surface area (Å²) in [7, 11) is 0. The molecule has 0 radical (unpaired) electrons. The molecule has 0 saturated carbocycles. The Morgan fingerprint density at radius 3 is 2.94 bits per heavy atom. The van der Waals surface area contributed by atoms with Gasteiger partial charge in [-0.1, -0.05) is 11.6 Å². The first-order valence-corrected chi connectivity index (χ1v) is 5.91. The fourth-order valence-electron chi connectivity index (χ4n) is 2.76. The number of aromatic nitrogens is 1. The van der Waals surface area contributed by atoms with Crippen LogP contribution in [0.25, 0.3) is 10.9 Å². The number of aromatic amines is 1. The first-order chi connectivity index (χ1) is 7.65. The summed E-state index contributed by atoms with van der Waals surface area (Å²) in [5, 5.41) is 1.33. The van der Waals surface area contributed by atoms with E-state index in [1.165, 1.54) is 27.7 Å². The lowest BCUT2D eigenvalue weighted by molar-refractivity contribution is -0.00436. The first-order valence-electron chi connectivity index (χ1n) is 5.91. The highest BCUT2D eigenvalue weighted by atomic mass is 16.5. The van der Waals surface area contributed by atoms with Crippen molar-refractivity contribution in [2.24, 2.45) is 0 Å². The maximum atomic E-state index is 5.90. The van der Waals surface area contributed by atoms with Gasteiger partial charge in [-0.3, -0.25) is 0 Å². The molecule has 2 atom stereocenters. The lowest BCUT2D eigenvalue weighted by Crippen LogP contribution is -2.21. The lowest BCUT2D eigenvalue weighted by Gasteiger charge is -2.25. The Labute approximate surface area is 95.6 Å². The number of H-pyrrole nitrogens is 1. The fourth-order valence-corrected chi connectivity index (χ4v) is 2.76. The van der Waals surface area contributed by atoms with Crippen molar-refractivity contribution in [3.63, 3.8) is 0 Å². The van der Waals surface area contributed by atoms with E-state index in [1.54, 1.807) is 0 Å². The lowest BCUT2D eigenvalue weighted by atomic mass is 9.99. The average molecular weight is 215 g/mol. The van der Waals surface area contributed by atoms with Gasteiger partial charge < -0.3 is 9.72 Å². The van der Waals surface area contributed by atoms with Gasteiger partial charge in [0.15, 0.2) is 0 Å². The second kappa shape index (κ2) is 3.36. The Balaban J connectivity index is 2.27. The molecule has 2 unspecified atom stereocenters. The van der Waals surface area contributed by atoms with Gasteiger partial charge in [-0.15, -0.1) is 0 Å². The second-order valence-electron chi connectivity index (χ2n) is 4.86. The summed E-state index contributed by atoms with van der Waals surface area (Å²) < 4.78 is 5.90. The Bertz CT molecular complexity index is 541. The third kappa shape index (κ3) is 1.37. The van der Waals surface area contributed by atoms with Crippen molar-refractivity contribution >= 4 is 10.9 Å². The highest BCUT2D eigenvalue weighted by Crippen LogP contribution is 2.35. The van der Waals surface area contributed by atoms with Crippen LogP contribution >= 0.6 is 0 Å². The summed E-state index contributed by atoms with van der Waals surface area (Å²) >= 11 is 0. The standard InChI is InChI=1S/C14H17NO/c1-8-4-5-12-11(6-8)14-10(3)16-9(2)7-13(14)15-12/h4-6,9-10,15H,7H2,1-3H3. The molecule has 0 amide bonds. The van der Waals surface area contributed by atoms with Gasteiger partial charge in [0, 0.05) is 28.6 Å². The number of hydrogen-bond acceptors (Lipinski definition) is 1. The van der Waals surface area contributed by atoms with E-state index in [9.17, 15) is 0 Å². The molecule has 1 N–H and O–H groups in total. The maximum Gasteiger partial charge on any atom is 0.0824 e. The molecule has 1 aliphatic heterocycles. The molecule has 2 nitrogen and oxygen atoms in total. The molecule has 0 aliphatic carbocycles. The highest BCUT2D eigenvalue weighted by Gasteiger charge is 2.25. The van der Waals surface area contributed by atoms with Crippen LogP contribution in [0.15, 0.2) is 18.2 Å². The van der Waals surface area contributed by atoms with Crippen molar-refractivity contribution in [2.45, 2.75) is 39.4 Å². The summed E-state index contributed by atoms with van der Waals surface area (Å²) in [6.07, 6.45) is 1.51. The molecule has 1 aromatic heterocycles. The molecule has 0 spiro atoms. The number of aryl methyl sites for hydroxylation is 1. The predicted molar refractivity (Wildman–Crippen MR) is 65.7 cm³/mol. The quantitative estimate of drug-likeness (QED) is 0.714. The Hall–Kier alpha value is -1.28. The van der Waals surface area contributed by atoms with Crippen LogP contribution in [0.4, 0.5) is 0 Å². The normalized spacial score (nSPS) is 24.7. The third-order valence-electron chi connectivity index (χ3n) is 3.41. The van der Waals surface area contributed by atoms with Crippen molar-refractivity contribution in [1.82, 2.24) is 4.98 Å². The average Bonchev–Trinajstić information content (AvgIpc) is 2.54. The number of ether oxygens (including phenoxy) is 1. The predicted octanol–water partition coefficient (Wildman–Crippen LogP) is 3.50. The molecule has 2 heteroatoms. The minimum absolute atomic E-state index is 0.203. The number of fused-ring (bicyclic) bond motifs is 3. The molecule has 0 fully saturated rings. The summed E-state index contributed by atoms with van der Waals surface area (Å²) in [5.41, 5.74) is 5.25. The van der Waals surface area contributed by atoms with E-state index < -0.39 is 0 Å². The van der Waals surface area contributed by atoms with Crippen molar-refractivity contribution in [2.75, 3.05) is 0 Å². The molecule has 2 heterocycles. The van der Waals surface area contributed by atoms with Crippen LogP contribution in [0.3, 0.4) is 0 Å². The zero-order valence-electron chi connectivity index (χ0n) is 10.0. The van der Waals surface area contributed by atoms with Crippen LogP contribution in [0, 0.1) is 6.92 Å². The third-order valence-corrected chi connectivity index (χ3v) is 3.41. The van der Waals surface area contributed by atoms with E-state index in [0.29, 0.717) is 6.10 Å². The zero-order valence-corrected chi connectivity index (χ0v) is 10.0. The molecule has 84 valence electrons. The van der Waals surface area contributed by atoms with Crippen molar-refractivity contribution in [1.29, 1.82) is 0 Å². The summed E-state index contributed by atoms with van der Waals surface area (Å²) in [5.74, 6) is 0. The van der Waals surface area contributed by atoms with Gasteiger partial charge in [0.2, 0.25) is 0 Å². The van der Waals surface area contributed by atoms with Crippen LogP contribution in [-0.4, -0.2) is 11.1 Å². The van der Waals surface area contributed by atoms with E-state index in [0.717, 1.165) is 6.42 Å². The molecule has 1 aromatic carbocycles. The van der Waals surface area contributed by atoms with Crippen LogP contribution < -0.4 is 0 Å². The van der Waals surface area contributed by atoms with Gasteiger partial charge in [-0.2, -0.15) is 0 Å². The van der Waals surface area contributed by atoms with E-state index in [4.69, 9.17) is 4.74 Å². The van der Waals surface area contributed by atoms with Crippen molar-refractivity contribution in [3.8, 4) is 0 Å². The highest BCUT2D eigenvalue weighted by molar-refractivity contribution is 5.86. The van der Waals surface area contributed by atoms with Crippen LogP contribution in [-0.2, 0) is 11.2 Å². The smallest absolute Gasteiger partial charge is 0.0824 e. The summed E-state index contributed by atoms with van der Waals surface area (Å²) in [6, 6.07) is 6.57. The molecule has 0 saturated heterocycles. The van der Waals surface area contributed by atoms with E-state index >= 15 is 0 Å². The zero-order chi connectivity index (χ0) is 11.3. The number of hydrogen-bond donors (Lipinski definition) is 1. The SMILES string of the molecule is Cc1ccc2[nH]c3c(c2c1)C(C)OC(C)C3. The molecule has 2 aromatic rings. The minimum Gasteiger partial charge on any atom is -0.370 e. The summed E-state index contributed by atoms with van der Waals surface area (Å²) in [4.78, 5) is 3.52. The maximum absolute atomic E-state index is 5.90.